The van der Waals surface area contributed by atoms with Crippen LogP contribution in [0.25, 0.3) is 87.7 Å². The van der Waals surface area contributed by atoms with Gasteiger partial charge in [0.2, 0.25) is 0 Å². The molecular formula is C44H28N4S. The van der Waals surface area contributed by atoms with E-state index in [9.17, 15) is 0 Å². The normalized spacial score (nSPS) is 11.3. The molecule has 49 heavy (non-hydrogen) atoms. The van der Waals surface area contributed by atoms with E-state index in [4.69, 9.17) is 15.0 Å². The lowest BCUT2D eigenvalue weighted by Gasteiger charge is -2.12. The number of benzene rings is 6. The van der Waals surface area contributed by atoms with Crippen LogP contribution in [0.2, 0.25) is 0 Å². The maximum Gasteiger partial charge on any atom is 0.164 e. The first kappa shape index (κ1) is 28.9. The Labute approximate surface area is 288 Å². The fourth-order valence-corrected chi connectivity index (χ4v) is 7.84. The van der Waals surface area contributed by atoms with Crippen LogP contribution in [0.3, 0.4) is 0 Å². The molecule has 9 rings (SSSR count). The van der Waals surface area contributed by atoms with Gasteiger partial charge in [-0.1, -0.05) is 152 Å². The molecule has 0 aliphatic rings. The van der Waals surface area contributed by atoms with Crippen molar-refractivity contribution < 1.29 is 0 Å². The molecule has 0 radical (unpaired) electrons. The molecule has 0 saturated carbocycles. The molecule has 230 valence electrons. The zero-order valence-corrected chi connectivity index (χ0v) is 27.2. The third-order valence-electron chi connectivity index (χ3n) is 8.87. The fourth-order valence-electron chi connectivity index (χ4n) is 6.48. The lowest BCUT2D eigenvalue weighted by atomic mass is 9.96. The second-order valence-electron chi connectivity index (χ2n) is 11.9. The molecule has 0 amide bonds. The Morgan fingerprint density at radius 3 is 1.47 bits per heavy atom. The van der Waals surface area contributed by atoms with Gasteiger partial charge in [0, 0.05) is 54.8 Å². The average molecular weight is 645 g/mol. The van der Waals surface area contributed by atoms with Crippen molar-refractivity contribution in [1.82, 2.24) is 19.9 Å². The number of aromatic nitrogens is 4. The van der Waals surface area contributed by atoms with Gasteiger partial charge in [-0.25, -0.2) is 15.0 Å². The van der Waals surface area contributed by atoms with E-state index in [-0.39, 0.29) is 0 Å². The lowest BCUT2D eigenvalue weighted by Crippen LogP contribution is -2.01. The van der Waals surface area contributed by atoms with Crippen molar-refractivity contribution in [1.29, 1.82) is 0 Å². The smallest absolute Gasteiger partial charge is 0.164 e. The van der Waals surface area contributed by atoms with E-state index in [0.717, 1.165) is 38.9 Å². The summed E-state index contributed by atoms with van der Waals surface area (Å²) in [5.74, 6) is 1.95. The summed E-state index contributed by atoms with van der Waals surface area (Å²) < 4.78 is 2.51. The molecule has 6 aromatic carbocycles. The van der Waals surface area contributed by atoms with E-state index < -0.39 is 0 Å². The Morgan fingerprint density at radius 2 is 0.837 bits per heavy atom. The van der Waals surface area contributed by atoms with Crippen LogP contribution in [0.15, 0.2) is 170 Å². The van der Waals surface area contributed by atoms with E-state index in [2.05, 4.69) is 96.0 Å². The van der Waals surface area contributed by atoms with Gasteiger partial charge in [0.05, 0.1) is 0 Å². The molecule has 9 aromatic rings. The highest BCUT2D eigenvalue weighted by Crippen LogP contribution is 2.45. The topological polar surface area (TPSA) is 51.6 Å². The molecule has 0 aliphatic heterocycles. The maximum atomic E-state index is 5.07. The summed E-state index contributed by atoms with van der Waals surface area (Å²) in [4.78, 5) is 19.3. The number of hydrogen-bond donors (Lipinski definition) is 0. The summed E-state index contributed by atoms with van der Waals surface area (Å²) >= 11 is 1.85. The third kappa shape index (κ3) is 5.36. The van der Waals surface area contributed by atoms with Crippen molar-refractivity contribution in [2.75, 3.05) is 0 Å². The van der Waals surface area contributed by atoms with Crippen LogP contribution < -0.4 is 0 Å². The number of pyridine rings is 1. The Balaban J connectivity index is 1.20. The van der Waals surface area contributed by atoms with E-state index in [0.29, 0.717) is 17.5 Å². The first-order valence-corrected chi connectivity index (χ1v) is 17.0. The molecule has 3 aromatic heterocycles. The number of hydrogen-bond acceptors (Lipinski definition) is 5. The number of thiophene rings is 1. The second kappa shape index (κ2) is 12.4. The minimum Gasteiger partial charge on any atom is -0.264 e. The highest BCUT2D eigenvalue weighted by atomic mass is 32.1. The minimum absolute atomic E-state index is 0.649. The minimum atomic E-state index is 0.649. The van der Waals surface area contributed by atoms with Crippen molar-refractivity contribution in [3.8, 4) is 67.5 Å². The molecule has 0 atom stereocenters. The molecule has 0 spiro atoms. The molecule has 0 aliphatic carbocycles. The SMILES string of the molecule is c1ccc(-c2nc(-c3ccccc3)nc(-c3ccccc3-c3cccc4c3sc3c(-c5ccc(-c6cccnc6)cc5)cccc34)n2)cc1. The van der Waals surface area contributed by atoms with Gasteiger partial charge >= 0.3 is 0 Å². The van der Waals surface area contributed by atoms with Crippen LogP contribution in [0, 0.1) is 0 Å². The van der Waals surface area contributed by atoms with Gasteiger partial charge in [0.15, 0.2) is 17.5 Å². The lowest BCUT2D eigenvalue weighted by molar-refractivity contribution is 1.07. The van der Waals surface area contributed by atoms with Crippen LogP contribution in [0.5, 0.6) is 0 Å². The maximum absolute atomic E-state index is 5.07. The first-order valence-electron chi connectivity index (χ1n) is 16.2. The van der Waals surface area contributed by atoms with Crippen LogP contribution >= 0.6 is 11.3 Å². The third-order valence-corrected chi connectivity index (χ3v) is 10.2. The van der Waals surface area contributed by atoms with Gasteiger partial charge in [-0.05, 0) is 33.9 Å². The molecule has 0 fully saturated rings. The van der Waals surface area contributed by atoms with Gasteiger partial charge in [-0.2, -0.15) is 0 Å². The molecule has 0 N–H and O–H groups in total. The highest BCUT2D eigenvalue weighted by Gasteiger charge is 2.19. The van der Waals surface area contributed by atoms with Gasteiger partial charge in [-0.15, -0.1) is 11.3 Å². The summed E-state index contributed by atoms with van der Waals surface area (Å²) in [6.45, 7) is 0. The highest BCUT2D eigenvalue weighted by molar-refractivity contribution is 7.26. The van der Waals surface area contributed by atoms with Crippen LogP contribution in [0.4, 0.5) is 0 Å². The predicted molar refractivity (Wildman–Crippen MR) is 203 cm³/mol. The Bertz CT molecular complexity index is 2520. The summed E-state index contributed by atoms with van der Waals surface area (Å²) in [5, 5.41) is 2.50. The summed E-state index contributed by atoms with van der Waals surface area (Å²) in [6, 6.07) is 54.8. The second-order valence-corrected chi connectivity index (χ2v) is 12.9. The van der Waals surface area contributed by atoms with E-state index in [1.165, 1.54) is 31.3 Å². The standard InChI is InChI=1S/C44H28N4S/c1-3-12-31(13-4-1)42-46-43(32-14-5-2-6-15-32)48-44(47-42)39-18-8-7-17-35(39)36-20-10-22-38-37-21-9-19-34(40(37)49-41(36)38)30-25-23-29(24-26-30)33-16-11-27-45-28-33/h1-28H. The van der Waals surface area contributed by atoms with E-state index >= 15 is 0 Å². The van der Waals surface area contributed by atoms with Crippen molar-refractivity contribution in [3.05, 3.63) is 170 Å². The monoisotopic (exact) mass is 644 g/mol. The Morgan fingerprint density at radius 1 is 0.327 bits per heavy atom. The van der Waals surface area contributed by atoms with Crippen molar-refractivity contribution in [2.45, 2.75) is 0 Å². The van der Waals surface area contributed by atoms with E-state index in [1.807, 2.05) is 84.3 Å². The van der Waals surface area contributed by atoms with Gasteiger partial charge < -0.3 is 0 Å². The Hall–Kier alpha value is -6.30. The molecule has 4 nitrogen and oxygen atoms in total. The van der Waals surface area contributed by atoms with Crippen LogP contribution in [-0.2, 0) is 0 Å². The van der Waals surface area contributed by atoms with Crippen molar-refractivity contribution in [3.63, 3.8) is 0 Å². The first-order chi connectivity index (χ1) is 24.3. The molecular weight excluding hydrogens is 617 g/mol. The molecule has 0 bridgehead atoms. The zero-order chi connectivity index (χ0) is 32.6. The van der Waals surface area contributed by atoms with Gasteiger partial charge in [0.25, 0.3) is 0 Å². The summed E-state index contributed by atoms with van der Waals surface area (Å²) in [7, 11) is 0. The summed E-state index contributed by atoms with van der Waals surface area (Å²) in [6.07, 6.45) is 3.71. The average Bonchev–Trinajstić information content (AvgIpc) is 3.58. The van der Waals surface area contributed by atoms with Gasteiger partial charge in [-0.3, -0.25) is 4.98 Å². The zero-order valence-electron chi connectivity index (χ0n) is 26.4. The van der Waals surface area contributed by atoms with Crippen molar-refractivity contribution >= 4 is 31.5 Å². The molecule has 0 saturated heterocycles. The predicted octanol–water partition coefficient (Wildman–Crippen LogP) is 11.6. The molecule has 0 unspecified atom stereocenters. The molecule has 3 heterocycles. The quantitative estimate of drug-likeness (QED) is 0.181. The van der Waals surface area contributed by atoms with Crippen molar-refractivity contribution in [2.24, 2.45) is 0 Å². The number of nitrogens with zero attached hydrogens (tertiary/aromatic N) is 4. The largest absolute Gasteiger partial charge is 0.264 e. The number of fused-ring (bicyclic) bond motifs is 3. The van der Waals surface area contributed by atoms with Gasteiger partial charge in [0.1, 0.15) is 0 Å². The molecule has 5 heteroatoms. The number of rotatable bonds is 6. The van der Waals surface area contributed by atoms with Crippen LogP contribution in [-0.4, -0.2) is 19.9 Å². The Kier molecular flexibility index (Phi) is 7.30. The van der Waals surface area contributed by atoms with Crippen LogP contribution in [0.1, 0.15) is 0 Å². The van der Waals surface area contributed by atoms with E-state index in [1.54, 1.807) is 6.20 Å². The fraction of sp³-hybridized carbons (Fsp3) is 0. The summed E-state index contributed by atoms with van der Waals surface area (Å²) in [5.41, 5.74) is 9.82.